The van der Waals surface area contributed by atoms with Crippen LogP contribution in [-0.4, -0.2) is 59.7 Å². The van der Waals surface area contributed by atoms with Gasteiger partial charge in [-0.3, -0.25) is 19.3 Å². The lowest BCUT2D eigenvalue weighted by molar-refractivity contribution is -0.143. The predicted molar refractivity (Wildman–Crippen MR) is 77.4 cm³/mol. The Morgan fingerprint density at radius 1 is 1.23 bits per heavy atom. The van der Waals surface area contributed by atoms with Crippen LogP contribution < -0.4 is 11.1 Å². The van der Waals surface area contributed by atoms with Gasteiger partial charge in [-0.25, -0.2) is 9.69 Å². The maximum Gasteiger partial charge on any atom is 0.334 e. The van der Waals surface area contributed by atoms with Gasteiger partial charge in [-0.2, -0.15) is 0 Å². The second kappa shape index (κ2) is 6.87. The van der Waals surface area contributed by atoms with Crippen molar-refractivity contribution in [2.75, 3.05) is 20.1 Å². The third-order valence-corrected chi connectivity index (χ3v) is 4.37. The maximum absolute atomic E-state index is 12.1. The lowest BCUT2D eigenvalue weighted by Gasteiger charge is -2.30. The largest absolute Gasteiger partial charge is 0.350 e. The SMILES string of the molecule is CN1C(=O)C(=O)N(CC(=O)NC(CN)C2CCCCC2)C1=O. The van der Waals surface area contributed by atoms with E-state index in [1.807, 2.05) is 0 Å². The molecule has 2 fully saturated rings. The molecule has 0 aromatic rings. The molecule has 8 nitrogen and oxygen atoms in total. The van der Waals surface area contributed by atoms with Crippen LogP contribution in [0.1, 0.15) is 32.1 Å². The Morgan fingerprint density at radius 2 is 1.86 bits per heavy atom. The molecule has 0 bridgehead atoms. The van der Waals surface area contributed by atoms with E-state index in [0.717, 1.165) is 25.7 Å². The topological polar surface area (TPSA) is 113 Å². The van der Waals surface area contributed by atoms with Gasteiger partial charge in [0, 0.05) is 19.6 Å². The summed E-state index contributed by atoms with van der Waals surface area (Å²) in [6, 6.07) is -0.929. The monoisotopic (exact) mass is 310 g/mol. The number of urea groups is 1. The van der Waals surface area contributed by atoms with Gasteiger partial charge in [-0.1, -0.05) is 19.3 Å². The minimum atomic E-state index is -0.968. The van der Waals surface area contributed by atoms with E-state index < -0.39 is 30.3 Å². The summed E-state index contributed by atoms with van der Waals surface area (Å²) in [6.07, 6.45) is 5.49. The predicted octanol–water partition coefficient (Wildman–Crippen LogP) is -0.569. The molecule has 122 valence electrons. The molecule has 2 aliphatic rings. The third-order valence-electron chi connectivity index (χ3n) is 4.37. The van der Waals surface area contributed by atoms with E-state index >= 15 is 0 Å². The molecule has 3 N–H and O–H groups in total. The number of rotatable bonds is 5. The quantitative estimate of drug-likeness (QED) is 0.521. The van der Waals surface area contributed by atoms with E-state index in [1.165, 1.54) is 13.5 Å². The first kappa shape index (κ1) is 16.4. The summed E-state index contributed by atoms with van der Waals surface area (Å²) >= 11 is 0. The van der Waals surface area contributed by atoms with Crippen LogP contribution in [0.15, 0.2) is 0 Å². The van der Waals surface area contributed by atoms with Gasteiger partial charge < -0.3 is 11.1 Å². The molecule has 2 rings (SSSR count). The number of nitrogens with one attached hydrogen (secondary N) is 1. The van der Waals surface area contributed by atoms with E-state index in [9.17, 15) is 19.2 Å². The van der Waals surface area contributed by atoms with Gasteiger partial charge in [-0.05, 0) is 18.8 Å². The average Bonchev–Trinajstić information content (AvgIpc) is 2.71. The number of nitrogens with two attached hydrogens (primary N) is 1. The highest BCUT2D eigenvalue weighted by molar-refractivity contribution is 6.44. The highest BCUT2D eigenvalue weighted by atomic mass is 16.2. The van der Waals surface area contributed by atoms with Crippen LogP contribution in [0.4, 0.5) is 4.79 Å². The Kier molecular flexibility index (Phi) is 5.12. The Bertz CT molecular complexity index is 487. The standard InChI is InChI=1S/C14H22N4O4/c1-17-12(20)13(21)18(14(17)22)8-11(19)16-10(7-15)9-5-3-2-4-6-9/h9-10H,2-8,15H2,1H3,(H,16,19). The summed E-state index contributed by atoms with van der Waals surface area (Å²) in [5, 5.41) is 2.79. The summed E-state index contributed by atoms with van der Waals surface area (Å²) in [5.74, 6) is -2.02. The van der Waals surface area contributed by atoms with Crippen molar-refractivity contribution >= 4 is 23.8 Å². The Hall–Kier alpha value is -1.96. The second-order valence-corrected chi connectivity index (χ2v) is 5.85. The van der Waals surface area contributed by atoms with Crippen LogP contribution in [0.3, 0.4) is 0 Å². The number of likely N-dealkylation sites (N-methyl/N-ethyl adjacent to an activating group) is 1. The minimum absolute atomic E-state index is 0.158. The van der Waals surface area contributed by atoms with Gasteiger partial charge in [0.15, 0.2) is 0 Å². The van der Waals surface area contributed by atoms with Crippen LogP contribution in [0.5, 0.6) is 0 Å². The summed E-state index contributed by atoms with van der Waals surface area (Å²) < 4.78 is 0. The van der Waals surface area contributed by atoms with E-state index in [4.69, 9.17) is 5.73 Å². The minimum Gasteiger partial charge on any atom is -0.350 e. The molecule has 1 unspecified atom stereocenters. The summed E-state index contributed by atoms with van der Waals surface area (Å²) in [5.41, 5.74) is 5.73. The molecule has 0 radical (unpaired) electrons. The van der Waals surface area contributed by atoms with E-state index in [2.05, 4.69) is 5.32 Å². The van der Waals surface area contributed by atoms with Gasteiger partial charge in [0.2, 0.25) is 5.91 Å². The molecule has 1 heterocycles. The molecular weight excluding hydrogens is 288 g/mol. The van der Waals surface area contributed by atoms with Crippen molar-refractivity contribution in [2.45, 2.75) is 38.1 Å². The Morgan fingerprint density at radius 3 is 2.36 bits per heavy atom. The van der Waals surface area contributed by atoms with Crippen molar-refractivity contribution in [3.05, 3.63) is 0 Å². The Labute approximate surface area is 129 Å². The molecule has 1 atom stereocenters. The van der Waals surface area contributed by atoms with E-state index in [0.29, 0.717) is 22.3 Å². The highest BCUT2D eigenvalue weighted by Crippen LogP contribution is 2.26. The van der Waals surface area contributed by atoms with Crippen LogP contribution >= 0.6 is 0 Å². The van der Waals surface area contributed by atoms with Crippen LogP contribution in [-0.2, 0) is 14.4 Å². The molecule has 22 heavy (non-hydrogen) atoms. The van der Waals surface area contributed by atoms with Gasteiger partial charge in [0.1, 0.15) is 6.54 Å². The van der Waals surface area contributed by atoms with Crippen LogP contribution in [0.25, 0.3) is 0 Å². The van der Waals surface area contributed by atoms with E-state index in [1.54, 1.807) is 0 Å². The fraction of sp³-hybridized carbons (Fsp3) is 0.714. The molecule has 5 amide bonds. The lowest BCUT2D eigenvalue weighted by atomic mass is 9.84. The average molecular weight is 310 g/mol. The highest BCUT2D eigenvalue weighted by Gasteiger charge is 2.43. The number of hydrogen-bond acceptors (Lipinski definition) is 5. The first-order chi connectivity index (χ1) is 10.5. The van der Waals surface area contributed by atoms with Gasteiger partial charge >= 0.3 is 17.8 Å². The second-order valence-electron chi connectivity index (χ2n) is 5.85. The first-order valence-electron chi connectivity index (χ1n) is 7.58. The van der Waals surface area contributed by atoms with Crippen molar-refractivity contribution in [3.8, 4) is 0 Å². The van der Waals surface area contributed by atoms with E-state index in [-0.39, 0.29) is 6.04 Å². The number of imide groups is 2. The summed E-state index contributed by atoms with van der Waals surface area (Å²) in [6.45, 7) is -0.131. The molecule has 1 saturated heterocycles. The van der Waals surface area contributed by atoms with Gasteiger partial charge in [-0.15, -0.1) is 0 Å². The van der Waals surface area contributed by atoms with Crippen molar-refractivity contribution in [2.24, 2.45) is 11.7 Å². The van der Waals surface area contributed by atoms with Crippen LogP contribution in [0.2, 0.25) is 0 Å². The smallest absolute Gasteiger partial charge is 0.334 e. The molecule has 0 spiro atoms. The Balaban J connectivity index is 1.92. The number of hydrogen-bond donors (Lipinski definition) is 2. The molecule has 1 aliphatic heterocycles. The molecule has 0 aromatic carbocycles. The normalized spacial score (nSPS) is 21.5. The zero-order valence-electron chi connectivity index (χ0n) is 12.7. The van der Waals surface area contributed by atoms with Gasteiger partial charge in [0.25, 0.3) is 0 Å². The van der Waals surface area contributed by atoms with Crippen molar-refractivity contribution < 1.29 is 19.2 Å². The van der Waals surface area contributed by atoms with Gasteiger partial charge in [0.05, 0.1) is 0 Å². The van der Waals surface area contributed by atoms with Crippen molar-refractivity contribution in [1.29, 1.82) is 0 Å². The lowest BCUT2D eigenvalue weighted by Crippen LogP contribution is -2.50. The molecule has 1 saturated carbocycles. The van der Waals surface area contributed by atoms with Crippen molar-refractivity contribution in [3.63, 3.8) is 0 Å². The number of carbonyl (C=O) groups is 4. The fourth-order valence-corrected chi connectivity index (χ4v) is 3.05. The molecular formula is C14H22N4O4. The summed E-state index contributed by atoms with van der Waals surface area (Å²) in [7, 11) is 1.21. The maximum atomic E-state index is 12.1. The van der Waals surface area contributed by atoms with Crippen molar-refractivity contribution in [1.82, 2.24) is 15.1 Å². The first-order valence-corrected chi connectivity index (χ1v) is 7.58. The zero-order chi connectivity index (χ0) is 16.3. The number of nitrogens with zero attached hydrogens (tertiary/aromatic N) is 2. The zero-order valence-corrected chi connectivity index (χ0v) is 12.7. The molecule has 8 heteroatoms. The number of amides is 5. The molecule has 0 aromatic heterocycles. The van der Waals surface area contributed by atoms with Crippen LogP contribution in [0, 0.1) is 5.92 Å². The fourth-order valence-electron chi connectivity index (χ4n) is 3.05. The number of carbonyl (C=O) groups excluding carboxylic acids is 4. The summed E-state index contributed by atoms with van der Waals surface area (Å²) in [4.78, 5) is 48.2. The molecule has 1 aliphatic carbocycles. The third kappa shape index (κ3) is 3.27.